The maximum absolute atomic E-state index is 12.0. The van der Waals surface area contributed by atoms with Crippen LogP contribution in [-0.2, 0) is 11.2 Å². The van der Waals surface area contributed by atoms with E-state index >= 15 is 0 Å². The number of amides is 1. The Bertz CT molecular complexity index is 640. The van der Waals surface area contributed by atoms with Gasteiger partial charge in [0.2, 0.25) is 0 Å². The zero-order valence-electron chi connectivity index (χ0n) is 11.2. The van der Waals surface area contributed by atoms with Crippen molar-refractivity contribution in [1.29, 1.82) is 0 Å². The first kappa shape index (κ1) is 14.6. The van der Waals surface area contributed by atoms with Gasteiger partial charge in [0.25, 0.3) is 5.91 Å². The average Bonchev–Trinajstić information content (AvgIpc) is 2.51. The molecule has 0 saturated heterocycles. The van der Waals surface area contributed by atoms with E-state index in [1.807, 2.05) is 0 Å². The molecule has 1 amide bonds. The third-order valence-corrected chi connectivity index (χ3v) is 3.01. The fourth-order valence-corrected chi connectivity index (χ4v) is 1.92. The molecule has 2 aromatic carbocycles. The van der Waals surface area contributed by atoms with Crippen LogP contribution in [-0.4, -0.2) is 28.4 Å². The molecule has 0 fully saturated rings. The molecule has 1 unspecified atom stereocenters. The van der Waals surface area contributed by atoms with Gasteiger partial charge in [0, 0.05) is 5.56 Å². The number of carbonyl (C=O) groups is 2. The van der Waals surface area contributed by atoms with E-state index in [0.29, 0.717) is 17.4 Å². The van der Waals surface area contributed by atoms with Crippen LogP contribution >= 0.6 is 0 Å². The first-order valence-corrected chi connectivity index (χ1v) is 6.42. The second-order valence-corrected chi connectivity index (χ2v) is 4.61. The van der Waals surface area contributed by atoms with Gasteiger partial charge in [-0.15, -0.1) is 0 Å². The van der Waals surface area contributed by atoms with E-state index < -0.39 is 6.04 Å². The number of benzene rings is 2. The highest BCUT2D eigenvalue weighted by molar-refractivity contribution is 5.95. The summed E-state index contributed by atoms with van der Waals surface area (Å²) in [5.74, 6) is -0.822. The van der Waals surface area contributed by atoms with E-state index in [0.717, 1.165) is 0 Å². The van der Waals surface area contributed by atoms with Gasteiger partial charge in [-0.3, -0.25) is 4.79 Å². The summed E-state index contributed by atoms with van der Waals surface area (Å²) in [5, 5.41) is 21.3. The van der Waals surface area contributed by atoms with Crippen molar-refractivity contribution in [3.05, 3.63) is 59.7 Å². The zero-order chi connectivity index (χ0) is 15.2. The number of carbonyl (C=O) groups excluding carboxylic acids is 2. The van der Waals surface area contributed by atoms with Crippen molar-refractivity contribution >= 4 is 12.2 Å². The quantitative estimate of drug-likeness (QED) is 0.575. The molecule has 3 N–H and O–H groups in total. The Morgan fingerprint density at radius 2 is 1.81 bits per heavy atom. The summed E-state index contributed by atoms with van der Waals surface area (Å²) in [6, 6.07) is 12.2. The Morgan fingerprint density at radius 1 is 1.10 bits per heavy atom. The first-order chi connectivity index (χ1) is 10.1. The fourth-order valence-electron chi connectivity index (χ4n) is 1.92. The minimum absolute atomic E-state index is 0.227. The van der Waals surface area contributed by atoms with Crippen molar-refractivity contribution in [2.24, 2.45) is 0 Å². The summed E-state index contributed by atoms with van der Waals surface area (Å²) >= 11 is 0. The van der Waals surface area contributed by atoms with Gasteiger partial charge in [-0.25, -0.2) is 0 Å². The molecular formula is C16H15NO4. The summed E-state index contributed by atoms with van der Waals surface area (Å²) < 4.78 is 0. The molecule has 1 atom stereocenters. The minimum Gasteiger partial charge on any atom is -0.504 e. The highest BCUT2D eigenvalue weighted by Crippen LogP contribution is 2.25. The third kappa shape index (κ3) is 3.82. The van der Waals surface area contributed by atoms with Crippen LogP contribution in [0.4, 0.5) is 0 Å². The van der Waals surface area contributed by atoms with Crippen molar-refractivity contribution in [3.63, 3.8) is 0 Å². The molecule has 21 heavy (non-hydrogen) atoms. The number of phenolic OH excluding ortho intramolecular Hbond substituents is 2. The van der Waals surface area contributed by atoms with Gasteiger partial charge < -0.3 is 20.3 Å². The highest BCUT2D eigenvalue weighted by Gasteiger charge is 2.14. The summed E-state index contributed by atoms with van der Waals surface area (Å²) in [7, 11) is 0. The van der Waals surface area contributed by atoms with Gasteiger partial charge in [-0.05, 0) is 36.2 Å². The average molecular weight is 285 g/mol. The Balaban J connectivity index is 2.05. The lowest BCUT2D eigenvalue weighted by atomic mass is 10.1. The predicted molar refractivity (Wildman–Crippen MR) is 77.2 cm³/mol. The van der Waals surface area contributed by atoms with Crippen LogP contribution in [0.5, 0.6) is 11.5 Å². The van der Waals surface area contributed by atoms with Crippen LogP contribution in [0.25, 0.3) is 0 Å². The Kier molecular flexibility index (Phi) is 4.56. The Labute approximate surface area is 121 Å². The lowest BCUT2D eigenvalue weighted by Crippen LogP contribution is -2.37. The first-order valence-electron chi connectivity index (χ1n) is 6.42. The monoisotopic (exact) mass is 285 g/mol. The van der Waals surface area contributed by atoms with Crippen molar-refractivity contribution in [1.82, 2.24) is 5.32 Å². The molecule has 0 aliphatic rings. The molecule has 0 aliphatic carbocycles. The van der Waals surface area contributed by atoms with Crippen LogP contribution in [0.2, 0.25) is 0 Å². The van der Waals surface area contributed by atoms with Crippen LogP contribution in [0.1, 0.15) is 15.9 Å². The Morgan fingerprint density at radius 3 is 2.43 bits per heavy atom. The number of rotatable bonds is 5. The lowest BCUT2D eigenvalue weighted by Gasteiger charge is -2.13. The molecule has 5 heteroatoms. The molecule has 2 aromatic rings. The van der Waals surface area contributed by atoms with Crippen molar-refractivity contribution in [3.8, 4) is 11.5 Å². The van der Waals surface area contributed by atoms with Crippen LogP contribution in [0.15, 0.2) is 48.5 Å². The van der Waals surface area contributed by atoms with Crippen LogP contribution in [0, 0.1) is 0 Å². The molecule has 2 rings (SSSR count). The van der Waals surface area contributed by atoms with Crippen LogP contribution < -0.4 is 5.32 Å². The molecule has 0 heterocycles. The molecule has 0 spiro atoms. The summed E-state index contributed by atoms with van der Waals surface area (Å²) in [5.41, 5.74) is 1.11. The summed E-state index contributed by atoms with van der Waals surface area (Å²) in [4.78, 5) is 23.1. The smallest absolute Gasteiger partial charge is 0.251 e. The largest absolute Gasteiger partial charge is 0.504 e. The topological polar surface area (TPSA) is 86.6 Å². The minimum atomic E-state index is -0.707. The number of nitrogens with one attached hydrogen (secondary N) is 1. The van der Waals surface area contributed by atoms with Crippen LogP contribution in [0.3, 0.4) is 0 Å². The number of aromatic hydroxyl groups is 2. The standard InChI is InChI=1S/C16H15NO4/c18-10-13(8-11-6-7-14(19)15(20)9-11)17-16(21)12-4-2-1-3-5-12/h1-7,9-10,13,19-20H,8H2,(H,17,21). The van der Waals surface area contributed by atoms with E-state index in [1.54, 1.807) is 36.4 Å². The highest BCUT2D eigenvalue weighted by atomic mass is 16.3. The normalized spacial score (nSPS) is 11.6. The third-order valence-electron chi connectivity index (χ3n) is 3.01. The van der Waals surface area contributed by atoms with Crippen molar-refractivity contribution in [2.75, 3.05) is 0 Å². The van der Waals surface area contributed by atoms with Gasteiger partial charge >= 0.3 is 0 Å². The van der Waals surface area contributed by atoms with E-state index in [2.05, 4.69) is 5.32 Å². The number of hydrogen-bond donors (Lipinski definition) is 3. The molecule has 0 radical (unpaired) electrons. The number of aldehydes is 1. The molecule has 0 bridgehead atoms. The molecule has 5 nitrogen and oxygen atoms in total. The summed E-state index contributed by atoms with van der Waals surface area (Å²) in [6.07, 6.45) is 0.876. The maximum atomic E-state index is 12.0. The second kappa shape index (κ2) is 6.56. The number of hydrogen-bond acceptors (Lipinski definition) is 4. The SMILES string of the molecule is O=CC(Cc1ccc(O)c(O)c1)NC(=O)c1ccccc1. The van der Waals surface area contributed by atoms with E-state index in [4.69, 9.17) is 0 Å². The van der Waals surface area contributed by atoms with Gasteiger partial charge in [0.15, 0.2) is 11.5 Å². The zero-order valence-corrected chi connectivity index (χ0v) is 11.2. The van der Waals surface area contributed by atoms with E-state index in [9.17, 15) is 19.8 Å². The Hall–Kier alpha value is -2.82. The lowest BCUT2D eigenvalue weighted by molar-refractivity contribution is -0.109. The second-order valence-electron chi connectivity index (χ2n) is 4.61. The maximum Gasteiger partial charge on any atom is 0.251 e. The van der Waals surface area contributed by atoms with Gasteiger partial charge in [-0.1, -0.05) is 24.3 Å². The van der Waals surface area contributed by atoms with Crippen molar-refractivity contribution < 1.29 is 19.8 Å². The molecule has 0 aliphatic heterocycles. The molecule has 0 aromatic heterocycles. The summed E-state index contributed by atoms with van der Waals surface area (Å²) in [6.45, 7) is 0. The van der Waals surface area contributed by atoms with E-state index in [-0.39, 0.29) is 23.8 Å². The fraction of sp³-hybridized carbons (Fsp3) is 0.125. The number of phenols is 2. The molecular weight excluding hydrogens is 270 g/mol. The predicted octanol–water partition coefficient (Wildman–Crippen LogP) is 1.64. The van der Waals surface area contributed by atoms with Crippen molar-refractivity contribution in [2.45, 2.75) is 12.5 Å². The molecule has 0 saturated carbocycles. The van der Waals surface area contributed by atoms with E-state index in [1.165, 1.54) is 12.1 Å². The van der Waals surface area contributed by atoms with Gasteiger partial charge in [0.1, 0.15) is 6.29 Å². The molecule has 108 valence electrons. The van der Waals surface area contributed by atoms with Gasteiger partial charge in [0.05, 0.1) is 6.04 Å². The van der Waals surface area contributed by atoms with Gasteiger partial charge in [-0.2, -0.15) is 0 Å².